The van der Waals surface area contributed by atoms with Crippen molar-refractivity contribution < 1.29 is 81.6 Å². The van der Waals surface area contributed by atoms with Gasteiger partial charge in [-0.25, -0.2) is 0 Å². The number of aliphatic hydroxyl groups excluding tert-OH is 3. The molecule has 2 saturated carbocycles. The lowest BCUT2D eigenvalue weighted by molar-refractivity contribution is -0.417. The molecule has 112 heavy (non-hydrogen) atoms. The Morgan fingerprint density at radius 3 is 1.12 bits per heavy atom. The molecular formula is C93H98Cl2O17. The number of aliphatic hydroxyl groups is 3. The molecule has 17 nitrogen and oxygen atoms in total. The maximum absolute atomic E-state index is 11.2. The topological polar surface area (TPSA) is 190 Å². The van der Waals surface area contributed by atoms with Gasteiger partial charge in [0.05, 0.1) is 91.5 Å². The Morgan fingerprint density at radius 2 is 0.723 bits per heavy atom. The van der Waals surface area contributed by atoms with Crippen LogP contribution >= 0.6 is 23.2 Å². The van der Waals surface area contributed by atoms with Gasteiger partial charge < -0.3 is 81.6 Å². The minimum atomic E-state index is -1.71. The van der Waals surface area contributed by atoms with Crippen LogP contribution in [0.15, 0.2) is 267 Å². The third-order valence-corrected chi connectivity index (χ3v) is 21.7. The van der Waals surface area contributed by atoms with E-state index in [-0.39, 0.29) is 46.2 Å². The lowest BCUT2D eigenvalue weighted by Crippen LogP contribution is -2.72. The molecule has 10 aromatic rings. The van der Waals surface area contributed by atoms with E-state index in [0.717, 1.165) is 92.8 Å². The van der Waals surface area contributed by atoms with E-state index < -0.39 is 72.6 Å². The minimum Gasteiger partial charge on any atom is -0.491 e. The van der Waals surface area contributed by atoms with Crippen LogP contribution in [0.4, 0.5) is 0 Å². The van der Waals surface area contributed by atoms with Gasteiger partial charge in [0.1, 0.15) is 72.5 Å². The van der Waals surface area contributed by atoms with E-state index >= 15 is 0 Å². The van der Waals surface area contributed by atoms with Gasteiger partial charge in [0, 0.05) is 28.3 Å². The Balaban J connectivity index is 0.000000186. The molecule has 19 heteroatoms. The molecule has 0 unspecified atom stereocenters. The molecule has 0 spiro atoms. The van der Waals surface area contributed by atoms with E-state index in [1.165, 1.54) is 7.11 Å². The summed E-state index contributed by atoms with van der Waals surface area (Å²) in [4.78, 5) is 0. The fourth-order valence-corrected chi connectivity index (χ4v) is 15.0. The monoisotopic (exact) mass is 1560 g/mol. The zero-order valence-electron chi connectivity index (χ0n) is 63.0. The first-order chi connectivity index (χ1) is 55.0. The highest BCUT2D eigenvalue weighted by Gasteiger charge is 2.70. The van der Waals surface area contributed by atoms with E-state index in [2.05, 4.69) is 0 Å². The molecule has 2 bridgehead atoms. The number of hydrogen-bond acceptors (Lipinski definition) is 17. The summed E-state index contributed by atoms with van der Waals surface area (Å²) in [6.07, 6.45) is 1.24. The number of halogens is 2. The SMILES string of the molecule is CO[C@@]1(c2ccc(Cl)c(Cc3ccc(OCCOC4CC4)cc3)c2)OC(CO)(CO)[C@@H](OCc2ccccc2)[C@H](OCc2ccccc2)[C@H]1OCc1ccccc1.OC[C@@]12CO[C@@](c3ccc(Cl)c(Cc4ccc(OCCOC5CC5)cc4)c3)(O1)[C@H](OCc1ccccc1)[C@@H](OCc1ccccc1)[C@@H]2OCc1ccccc1. The van der Waals surface area contributed by atoms with Crippen LogP contribution in [-0.4, -0.2) is 135 Å². The van der Waals surface area contributed by atoms with E-state index in [9.17, 15) is 15.3 Å². The van der Waals surface area contributed by atoms with Crippen molar-refractivity contribution in [3.63, 3.8) is 0 Å². The maximum Gasteiger partial charge on any atom is 0.225 e. The molecule has 15 rings (SSSR count). The third-order valence-electron chi connectivity index (χ3n) is 21.0. The van der Waals surface area contributed by atoms with E-state index in [4.69, 9.17) is 89.5 Å². The van der Waals surface area contributed by atoms with Gasteiger partial charge >= 0.3 is 0 Å². The van der Waals surface area contributed by atoms with Gasteiger partial charge in [-0.3, -0.25) is 0 Å². The van der Waals surface area contributed by atoms with Crippen LogP contribution in [0, 0.1) is 0 Å². The predicted octanol–water partition coefficient (Wildman–Crippen LogP) is 16.0. The van der Waals surface area contributed by atoms with Crippen molar-refractivity contribution >= 4 is 23.2 Å². The smallest absolute Gasteiger partial charge is 0.225 e. The number of methoxy groups -OCH3 is 1. The molecule has 10 aromatic carbocycles. The Morgan fingerprint density at radius 1 is 0.357 bits per heavy atom. The molecule has 2 aliphatic carbocycles. The second kappa shape index (κ2) is 38.7. The van der Waals surface area contributed by atoms with Gasteiger partial charge in [0.15, 0.2) is 0 Å². The molecular weight excluding hydrogens is 1460 g/mol. The molecule has 0 amide bonds. The number of fused-ring (bicyclic) bond motifs is 2. The summed E-state index contributed by atoms with van der Waals surface area (Å²) in [6, 6.07) is 86.5. The van der Waals surface area contributed by atoms with Crippen molar-refractivity contribution in [2.24, 2.45) is 0 Å². The van der Waals surface area contributed by atoms with Gasteiger partial charge in [0.25, 0.3) is 0 Å². The zero-order chi connectivity index (χ0) is 77.0. The normalized spacial score (nSPS) is 23.1. The van der Waals surface area contributed by atoms with Gasteiger partial charge in [-0.1, -0.05) is 242 Å². The van der Waals surface area contributed by atoms with Crippen LogP contribution in [0.1, 0.15) is 92.4 Å². The summed E-state index contributed by atoms with van der Waals surface area (Å²) in [5, 5.41) is 34.8. The van der Waals surface area contributed by atoms with Crippen molar-refractivity contribution in [3.8, 4) is 11.5 Å². The lowest BCUT2D eigenvalue weighted by atomic mass is 9.80. The Hall–Kier alpha value is -8.22. The van der Waals surface area contributed by atoms with Gasteiger partial charge in [-0.15, -0.1) is 0 Å². The third kappa shape index (κ3) is 20.1. The summed E-state index contributed by atoms with van der Waals surface area (Å²) in [7, 11) is 1.53. The quantitative estimate of drug-likeness (QED) is 0.0310. The van der Waals surface area contributed by atoms with Gasteiger partial charge in [-0.2, -0.15) is 0 Å². The molecule has 3 saturated heterocycles. The number of benzene rings is 10. The van der Waals surface area contributed by atoms with Gasteiger partial charge in [-0.05, 0) is 143 Å². The molecule has 3 aliphatic heterocycles. The number of rotatable bonds is 38. The zero-order valence-corrected chi connectivity index (χ0v) is 64.5. The largest absolute Gasteiger partial charge is 0.491 e. The average Bonchev–Trinajstić information content (AvgIpc) is 1.19. The van der Waals surface area contributed by atoms with Crippen molar-refractivity contribution in [2.75, 3.05) is 60.0 Å². The first-order valence-corrected chi connectivity index (χ1v) is 39.3. The first-order valence-electron chi connectivity index (χ1n) is 38.6. The summed E-state index contributed by atoms with van der Waals surface area (Å²) in [6.45, 7) is 2.04. The molecule has 3 heterocycles. The number of ether oxygens (including phenoxy) is 14. The molecule has 0 aromatic heterocycles. The van der Waals surface area contributed by atoms with Crippen molar-refractivity contribution in [1.29, 1.82) is 0 Å². The van der Waals surface area contributed by atoms with Crippen molar-refractivity contribution in [1.82, 2.24) is 0 Å². The van der Waals surface area contributed by atoms with Crippen molar-refractivity contribution in [3.05, 3.63) is 344 Å². The highest BCUT2D eigenvalue weighted by atomic mass is 35.5. The fraction of sp³-hybridized carbons (Fsp3) is 0.355. The first kappa shape index (κ1) is 80.4. The van der Waals surface area contributed by atoms with E-state index in [0.29, 0.717) is 79.3 Å². The standard InChI is InChI=1S/C47H51ClO9.C46H47ClO8/c1-51-47(39-19-24-42(48)38(28-39)27-34-17-20-40(21-18-34)52-25-26-53-41-22-23-41)45(56-31-37-15-9-4-10-16-37)43(54-29-35-11-5-2-6-12-35)44(46(32-49,33-50)57-47)55-30-36-13-7-3-8-14-36;47-41-23-18-38(27-37(41)26-33-16-19-39(20-17-33)49-24-25-50-40-21-22-40)46-44(53-30-36-14-8-3-9-15-36)42(51-28-34-10-4-1-5-11-34)43(45(31-48,55-46)32-54-46)52-29-35-12-6-2-7-13-35/h2-21,24,28,41,43-45,49-50H,22-23,25-27,29-33H2,1H3;1-20,23,27,40,42-44,48H,21-22,24-26,28-32H2/t43-,44-,45+,47-;42-,43-,44+,45-,46-/m00/s1. The van der Waals surface area contributed by atoms with Crippen LogP contribution < -0.4 is 9.47 Å². The van der Waals surface area contributed by atoms with Crippen LogP contribution in [0.2, 0.25) is 10.0 Å². The highest BCUT2D eigenvalue weighted by molar-refractivity contribution is 6.31. The van der Waals surface area contributed by atoms with Crippen LogP contribution in [0.3, 0.4) is 0 Å². The average molecular weight is 1560 g/mol. The van der Waals surface area contributed by atoms with E-state index in [1.807, 2.05) is 261 Å². The summed E-state index contributed by atoms with van der Waals surface area (Å²) < 4.78 is 91.4. The summed E-state index contributed by atoms with van der Waals surface area (Å²) >= 11 is 13.8. The summed E-state index contributed by atoms with van der Waals surface area (Å²) in [5.74, 6) is -1.61. The minimum absolute atomic E-state index is 0.0600. The Bertz CT molecular complexity index is 4490. The Labute approximate surface area is 666 Å². The Kier molecular flexibility index (Phi) is 27.8. The molecule has 586 valence electrons. The molecule has 5 fully saturated rings. The second-order valence-electron chi connectivity index (χ2n) is 29.1. The van der Waals surface area contributed by atoms with Crippen LogP contribution in [0.5, 0.6) is 11.5 Å². The predicted molar refractivity (Wildman–Crippen MR) is 426 cm³/mol. The van der Waals surface area contributed by atoms with Crippen LogP contribution in [0.25, 0.3) is 0 Å². The second-order valence-corrected chi connectivity index (χ2v) is 29.9. The lowest BCUT2D eigenvalue weighted by Gasteiger charge is -2.56. The molecule has 0 radical (unpaired) electrons. The van der Waals surface area contributed by atoms with E-state index in [1.54, 1.807) is 6.07 Å². The van der Waals surface area contributed by atoms with Crippen LogP contribution in [-0.2, 0) is 121 Å². The maximum atomic E-state index is 11.2. The molecule has 9 atom stereocenters. The van der Waals surface area contributed by atoms with Crippen molar-refractivity contribution in [2.45, 2.75) is 150 Å². The number of hydrogen-bond donors (Lipinski definition) is 3. The fourth-order valence-electron chi connectivity index (χ4n) is 14.7. The molecule has 3 N–H and O–H groups in total. The molecule has 5 aliphatic rings. The summed E-state index contributed by atoms with van der Waals surface area (Å²) in [5.41, 5.74) is 7.83. The highest BCUT2D eigenvalue weighted by Crippen LogP contribution is 2.54. The van der Waals surface area contributed by atoms with Gasteiger partial charge in [0.2, 0.25) is 11.6 Å².